The first-order chi connectivity index (χ1) is 16.8. The van der Waals surface area contributed by atoms with E-state index in [9.17, 15) is 8.42 Å². The second-order valence-electron chi connectivity index (χ2n) is 8.21. The minimum atomic E-state index is -3.84. The van der Waals surface area contributed by atoms with Crippen LogP contribution >= 0.6 is 0 Å². The maximum atomic E-state index is 14.0. The fraction of sp³-hybridized carbons (Fsp3) is 0.385. The maximum absolute atomic E-state index is 14.0. The van der Waals surface area contributed by atoms with Gasteiger partial charge in [-0.05, 0) is 61.7 Å². The van der Waals surface area contributed by atoms with Gasteiger partial charge in [0.25, 0.3) is 0 Å². The van der Waals surface area contributed by atoms with Crippen LogP contribution in [-0.2, 0) is 27.8 Å². The number of nitrogens with zero attached hydrogens (tertiary/aromatic N) is 3. The van der Waals surface area contributed by atoms with Gasteiger partial charge in [-0.1, -0.05) is 24.3 Å². The Labute approximate surface area is 207 Å². The molecule has 0 saturated carbocycles. The summed E-state index contributed by atoms with van der Waals surface area (Å²) in [5.74, 6) is 1.77. The number of sulfonamides is 1. The SMILES string of the molecule is CCO[C@@H](c1ncc(C)cn1)[C@@H](C)S(=O)(=O)N(Cc1ccc(OC)cc1)Cc1ccc(OC)cc1. The number of hydrogen-bond donors (Lipinski definition) is 0. The molecule has 3 aromatic rings. The second-order valence-corrected chi connectivity index (χ2v) is 10.5. The molecular formula is C26H33N3O5S. The van der Waals surface area contributed by atoms with Crippen LogP contribution in [0.1, 0.15) is 42.5 Å². The molecule has 8 nitrogen and oxygen atoms in total. The fourth-order valence-electron chi connectivity index (χ4n) is 3.65. The lowest BCUT2D eigenvalue weighted by Crippen LogP contribution is -2.40. The summed E-state index contributed by atoms with van der Waals surface area (Å²) in [4.78, 5) is 8.70. The molecule has 0 aliphatic heterocycles. The Kier molecular flexibility index (Phi) is 9.20. The van der Waals surface area contributed by atoms with Gasteiger partial charge < -0.3 is 14.2 Å². The molecule has 0 saturated heterocycles. The summed E-state index contributed by atoms with van der Waals surface area (Å²) in [6, 6.07) is 14.7. The topological polar surface area (TPSA) is 90.9 Å². The van der Waals surface area contributed by atoms with Crippen molar-refractivity contribution in [2.45, 2.75) is 45.2 Å². The third-order valence-corrected chi connectivity index (χ3v) is 7.86. The van der Waals surface area contributed by atoms with Crippen molar-refractivity contribution in [3.05, 3.63) is 83.4 Å². The average molecular weight is 500 g/mol. The summed E-state index contributed by atoms with van der Waals surface area (Å²) < 4.78 is 45.8. The van der Waals surface area contributed by atoms with Gasteiger partial charge in [-0.3, -0.25) is 0 Å². The summed E-state index contributed by atoms with van der Waals surface area (Å²) in [5.41, 5.74) is 2.57. The normalized spacial score (nSPS) is 13.4. The standard InChI is InChI=1S/C26H33N3O5S/c1-6-34-25(26-27-15-19(2)16-28-26)20(3)35(30,31)29(17-21-7-11-23(32-4)12-8-21)18-22-9-13-24(33-5)14-10-22/h7-16,20,25H,6,17-18H2,1-5H3/t20-,25-/m1/s1. The van der Waals surface area contributed by atoms with Gasteiger partial charge in [-0.2, -0.15) is 4.31 Å². The number of aryl methyl sites for hydroxylation is 1. The van der Waals surface area contributed by atoms with Crippen molar-refractivity contribution in [2.75, 3.05) is 20.8 Å². The summed E-state index contributed by atoms with van der Waals surface area (Å²) in [6.45, 7) is 6.07. The highest BCUT2D eigenvalue weighted by Crippen LogP contribution is 2.28. The monoisotopic (exact) mass is 499 g/mol. The molecule has 0 bridgehead atoms. The summed E-state index contributed by atoms with van der Waals surface area (Å²) in [6.07, 6.45) is 2.53. The number of aromatic nitrogens is 2. The Hall–Kier alpha value is -3.01. The number of hydrogen-bond acceptors (Lipinski definition) is 7. The van der Waals surface area contributed by atoms with Crippen LogP contribution in [0.15, 0.2) is 60.9 Å². The highest BCUT2D eigenvalue weighted by Gasteiger charge is 2.37. The molecule has 0 spiro atoms. The molecule has 0 amide bonds. The van der Waals surface area contributed by atoms with Crippen LogP contribution in [0.3, 0.4) is 0 Å². The van der Waals surface area contributed by atoms with Crippen molar-refractivity contribution < 1.29 is 22.6 Å². The molecule has 1 heterocycles. The summed E-state index contributed by atoms with van der Waals surface area (Å²) in [5, 5.41) is -0.915. The second kappa shape index (κ2) is 12.1. The van der Waals surface area contributed by atoms with E-state index in [-0.39, 0.29) is 13.1 Å². The van der Waals surface area contributed by atoms with Crippen molar-refractivity contribution >= 4 is 10.0 Å². The third-order valence-electron chi connectivity index (χ3n) is 5.69. The number of rotatable bonds is 12. The van der Waals surface area contributed by atoms with E-state index in [1.54, 1.807) is 33.5 Å². The molecule has 9 heteroatoms. The molecule has 0 aliphatic carbocycles. The molecule has 2 atom stereocenters. The van der Waals surface area contributed by atoms with Crippen molar-refractivity contribution in [3.63, 3.8) is 0 Å². The van der Waals surface area contributed by atoms with E-state index in [0.717, 1.165) is 16.7 Å². The number of methoxy groups -OCH3 is 2. The van der Waals surface area contributed by atoms with Crippen molar-refractivity contribution in [2.24, 2.45) is 0 Å². The minimum absolute atomic E-state index is 0.191. The van der Waals surface area contributed by atoms with E-state index in [4.69, 9.17) is 14.2 Å². The number of ether oxygens (including phenoxy) is 3. The summed E-state index contributed by atoms with van der Waals surface area (Å²) in [7, 11) is -0.652. The van der Waals surface area contributed by atoms with E-state index in [0.29, 0.717) is 23.9 Å². The molecular weight excluding hydrogens is 466 g/mol. The van der Waals surface area contributed by atoms with Gasteiger partial charge in [0.05, 0.1) is 14.2 Å². The highest BCUT2D eigenvalue weighted by molar-refractivity contribution is 7.89. The Morgan fingerprint density at radius 1 is 0.857 bits per heavy atom. The lowest BCUT2D eigenvalue weighted by Gasteiger charge is -2.30. The third kappa shape index (κ3) is 6.78. The number of benzene rings is 2. The van der Waals surface area contributed by atoms with Gasteiger partial charge in [-0.25, -0.2) is 18.4 Å². The molecule has 1 aromatic heterocycles. The zero-order valence-corrected chi connectivity index (χ0v) is 21.7. The van der Waals surface area contributed by atoms with Crippen LogP contribution in [0.2, 0.25) is 0 Å². The predicted molar refractivity (Wildman–Crippen MR) is 135 cm³/mol. The quantitative estimate of drug-likeness (QED) is 0.367. The van der Waals surface area contributed by atoms with Crippen molar-refractivity contribution in [3.8, 4) is 11.5 Å². The Morgan fingerprint density at radius 2 is 1.31 bits per heavy atom. The van der Waals surface area contributed by atoms with Gasteiger partial charge in [0.1, 0.15) is 22.9 Å². The predicted octanol–water partition coefficient (Wildman–Crippen LogP) is 4.30. The molecule has 0 radical (unpaired) electrons. The molecule has 0 aliphatic rings. The lowest BCUT2D eigenvalue weighted by atomic mass is 10.2. The van der Waals surface area contributed by atoms with Crippen LogP contribution in [-0.4, -0.2) is 48.8 Å². The first kappa shape index (κ1) is 26.6. The zero-order valence-electron chi connectivity index (χ0n) is 20.8. The van der Waals surface area contributed by atoms with Gasteiger partial charge in [0.2, 0.25) is 10.0 Å². The summed E-state index contributed by atoms with van der Waals surface area (Å²) >= 11 is 0. The van der Waals surface area contributed by atoms with Gasteiger partial charge in [0, 0.05) is 32.1 Å². The highest BCUT2D eigenvalue weighted by atomic mass is 32.2. The molecule has 0 N–H and O–H groups in total. The Morgan fingerprint density at radius 3 is 1.71 bits per heavy atom. The average Bonchev–Trinajstić information content (AvgIpc) is 2.88. The van der Waals surface area contributed by atoms with E-state index in [1.165, 1.54) is 4.31 Å². The Bertz CT molecular complexity index is 1120. The van der Waals surface area contributed by atoms with E-state index < -0.39 is 21.4 Å². The van der Waals surface area contributed by atoms with E-state index in [1.807, 2.05) is 62.4 Å². The lowest BCUT2D eigenvalue weighted by molar-refractivity contribution is 0.0543. The Balaban J connectivity index is 1.95. The van der Waals surface area contributed by atoms with Crippen LogP contribution < -0.4 is 9.47 Å². The first-order valence-electron chi connectivity index (χ1n) is 11.4. The van der Waals surface area contributed by atoms with Crippen LogP contribution in [0, 0.1) is 6.92 Å². The maximum Gasteiger partial charge on any atom is 0.220 e. The molecule has 2 aromatic carbocycles. The minimum Gasteiger partial charge on any atom is -0.497 e. The van der Waals surface area contributed by atoms with Crippen molar-refractivity contribution in [1.29, 1.82) is 0 Å². The first-order valence-corrected chi connectivity index (χ1v) is 12.9. The van der Waals surface area contributed by atoms with Crippen molar-refractivity contribution in [1.82, 2.24) is 14.3 Å². The fourth-order valence-corrected chi connectivity index (χ4v) is 5.29. The van der Waals surface area contributed by atoms with Gasteiger partial charge in [0.15, 0.2) is 5.82 Å². The van der Waals surface area contributed by atoms with E-state index in [2.05, 4.69) is 9.97 Å². The molecule has 188 valence electrons. The van der Waals surface area contributed by atoms with Crippen LogP contribution in [0.5, 0.6) is 11.5 Å². The van der Waals surface area contributed by atoms with Crippen LogP contribution in [0.25, 0.3) is 0 Å². The smallest absolute Gasteiger partial charge is 0.220 e. The molecule has 0 fully saturated rings. The van der Waals surface area contributed by atoms with Crippen LogP contribution in [0.4, 0.5) is 0 Å². The van der Waals surface area contributed by atoms with Gasteiger partial charge in [-0.15, -0.1) is 0 Å². The zero-order chi connectivity index (χ0) is 25.4. The van der Waals surface area contributed by atoms with E-state index >= 15 is 0 Å². The molecule has 35 heavy (non-hydrogen) atoms. The largest absolute Gasteiger partial charge is 0.497 e. The van der Waals surface area contributed by atoms with Gasteiger partial charge >= 0.3 is 0 Å². The molecule has 3 rings (SSSR count). The molecule has 0 unspecified atom stereocenters.